The number of rotatable bonds is 7. The molecular weight excluding hydrogens is 412 g/mol. The quantitative estimate of drug-likeness (QED) is 0.549. The molecule has 1 saturated carbocycles. The first kappa shape index (κ1) is 22.8. The van der Waals surface area contributed by atoms with Crippen LogP contribution < -0.4 is 5.32 Å². The number of carbonyl (C=O) groups is 2. The molecule has 4 rings (SSSR count). The zero-order chi connectivity index (χ0) is 23.5. The van der Waals surface area contributed by atoms with Crippen molar-refractivity contribution in [3.63, 3.8) is 0 Å². The molecule has 6 heteroatoms. The van der Waals surface area contributed by atoms with E-state index < -0.39 is 0 Å². The molecule has 1 fully saturated rings. The van der Waals surface area contributed by atoms with E-state index in [2.05, 4.69) is 5.32 Å². The summed E-state index contributed by atoms with van der Waals surface area (Å²) in [5.74, 6) is 0.541. The van der Waals surface area contributed by atoms with Gasteiger partial charge < -0.3 is 10.2 Å². The second kappa shape index (κ2) is 9.61. The molecule has 0 unspecified atom stereocenters. The Labute approximate surface area is 195 Å². The van der Waals surface area contributed by atoms with Crippen molar-refractivity contribution < 1.29 is 9.59 Å². The normalized spacial score (nSPS) is 13.6. The molecule has 1 aromatic heterocycles. The van der Waals surface area contributed by atoms with Crippen LogP contribution in [0.5, 0.6) is 0 Å². The number of aryl methyl sites for hydroxylation is 2. The van der Waals surface area contributed by atoms with E-state index in [1.165, 1.54) is 0 Å². The number of nitrogens with zero attached hydrogens (tertiary/aromatic N) is 3. The molecule has 0 spiro atoms. The highest BCUT2D eigenvalue weighted by Crippen LogP contribution is 2.34. The number of amides is 2. The van der Waals surface area contributed by atoms with E-state index in [1.54, 1.807) is 9.58 Å². The SMILES string of the molecule is Cc1ccccc1-n1nc(C)c(-c2ccccc2)c1NC(=O)CN(C(=O)C1CCC1)C(C)C. The Morgan fingerprint density at radius 1 is 1.06 bits per heavy atom. The maximum absolute atomic E-state index is 13.3. The van der Waals surface area contributed by atoms with Crippen LogP contribution in [0.4, 0.5) is 5.82 Å². The van der Waals surface area contributed by atoms with Gasteiger partial charge in [0.15, 0.2) is 0 Å². The highest BCUT2D eigenvalue weighted by atomic mass is 16.2. The van der Waals surface area contributed by atoms with Gasteiger partial charge in [0.05, 0.1) is 11.4 Å². The van der Waals surface area contributed by atoms with Crippen LogP contribution in [-0.4, -0.2) is 39.1 Å². The Balaban J connectivity index is 1.70. The maximum atomic E-state index is 13.3. The van der Waals surface area contributed by atoms with Crippen LogP contribution >= 0.6 is 0 Å². The van der Waals surface area contributed by atoms with Crippen LogP contribution in [0, 0.1) is 19.8 Å². The largest absolute Gasteiger partial charge is 0.331 e. The molecule has 0 aliphatic heterocycles. The fourth-order valence-corrected chi connectivity index (χ4v) is 4.30. The minimum Gasteiger partial charge on any atom is -0.331 e. The number of anilines is 1. The summed E-state index contributed by atoms with van der Waals surface area (Å²) >= 11 is 0. The van der Waals surface area contributed by atoms with E-state index in [0.717, 1.165) is 47.3 Å². The monoisotopic (exact) mass is 444 g/mol. The van der Waals surface area contributed by atoms with Crippen LogP contribution in [0.3, 0.4) is 0 Å². The summed E-state index contributed by atoms with van der Waals surface area (Å²) < 4.78 is 1.80. The topological polar surface area (TPSA) is 67.2 Å². The van der Waals surface area contributed by atoms with Crippen LogP contribution in [0.1, 0.15) is 44.4 Å². The van der Waals surface area contributed by atoms with Gasteiger partial charge in [-0.05, 0) is 57.7 Å². The third kappa shape index (κ3) is 4.70. The molecule has 0 radical (unpaired) electrons. The lowest BCUT2D eigenvalue weighted by Gasteiger charge is -2.33. The Bertz CT molecular complexity index is 1150. The van der Waals surface area contributed by atoms with E-state index in [1.807, 2.05) is 82.3 Å². The summed E-state index contributed by atoms with van der Waals surface area (Å²) in [5, 5.41) is 7.90. The van der Waals surface area contributed by atoms with E-state index >= 15 is 0 Å². The number of carbonyl (C=O) groups excluding carboxylic acids is 2. The van der Waals surface area contributed by atoms with E-state index in [-0.39, 0.29) is 30.3 Å². The molecule has 6 nitrogen and oxygen atoms in total. The fraction of sp³-hybridized carbons (Fsp3) is 0.370. The van der Waals surface area contributed by atoms with Crippen molar-refractivity contribution in [1.29, 1.82) is 0 Å². The van der Waals surface area contributed by atoms with Crippen molar-refractivity contribution in [2.24, 2.45) is 5.92 Å². The molecule has 1 N–H and O–H groups in total. The van der Waals surface area contributed by atoms with Crippen LogP contribution in [0.25, 0.3) is 16.8 Å². The molecule has 0 saturated heterocycles. The summed E-state index contributed by atoms with van der Waals surface area (Å²) in [6.45, 7) is 7.92. The highest BCUT2D eigenvalue weighted by molar-refractivity contribution is 5.98. The molecule has 1 heterocycles. The lowest BCUT2D eigenvalue weighted by atomic mass is 9.84. The molecule has 2 aromatic carbocycles. The first-order valence-electron chi connectivity index (χ1n) is 11.7. The standard InChI is InChI=1S/C27H32N4O2/c1-18(2)30(27(33)22-14-10-15-22)17-24(32)28-26-25(21-12-6-5-7-13-21)20(4)29-31(26)23-16-9-8-11-19(23)3/h5-9,11-13,16,18,22H,10,14-15,17H2,1-4H3,(H,28,32). The smallest absolute Gasteiger partial charge is 0.245 e. The van der Waals surface area contributed by atoms with Gasteiger partial charge >= 0.3 is 0 Å². The molecule has 0 atom stereocenters. The third-order valence-corrected chi connectivity index (χ3v) is 6.40. The van der Waals surface area contributed by atoms with Gasteiger partial charge in [0.25, 0.3) is 0 Å². The van der Waals surface area contributed by atoms with Crippen LogP contribution in [0.2, 0.25) is 0 Å². The second-order valence-corrected chi connectivity index (χ2v) is 9.11. The Hall–Kier alpha value is -3.41. The Morgan fingerprint density at radius 3 is 2.33 bits per heavy atom. The molecular formula is C27H32N4O2. The molecule has 1 aliphatic carbocycles. The van der Waals surface area contributed by atoms with E-state index in [4.69, 9.17) is 5.10 Å². The van der Waals surface area contributed by atoms with E-state index in [9.17, 15) is 9.59 Å². The number of benzene rings is 2. The van der Waals surface area contributed by atoms with Crippen molar-refractivity contribution in [2.75, 3.05) is 11.9 Å². The highest BCUT2D eigenvalue weighted by Gasteiger charge is 2.32. The first-order valence-corrected chi connectivity index (χ1v) is 11.7. The number of nitrogens with one attached hydrogen (secondary N) is 1. The predicted octanol–water partition coefficient (Wildman–Crippen LogP) is 5.13. The average Bonchev–Trinajstić information content (AvgIpc) is 3.06. The molecule has 172 valence electrons. The molecule has 1 aliphatic rings. The van der Waals surface area contributed by atoms with Gasteiger partial charge in [0, 0.05) is 17.5 Å². The van der Waals surface area contributed by atoms with E-state index in [0.29, 0.717) is 5.82 Å². The number of hydrogen-bond acceptors (Lipinski definition) is 3. The van der Waals surface area contributed by atoms with Gasteiger partial charge in [-0.15, -0.1) is 0 Å². The molecule has 2 amide bonds. The van der Waals surface area contributed by atoms with Gasteiger partial charge in [-0.2, -0.15) is 5.10 Å². The maximum Gasteiger partial charge on any atom is 0.245 e. The zero-order valence-electron chi connectivity index (χ0n) is 19.8. The second-order valence-electron chi connectivity index (χ2n) is 9.11. The minimum absolute atomic E-state index is 0.0270. The summed E-state index contributed by atoms with van der Waals surface area (Å²) in [6, 6.07) is 17.9. The summed E-state index contributed by atoms with van der Waals surface area (Å²) in [6.07, 6.45) is 2.92. The zero-order valence-corrected chi connectivity index (χ0v) is 19.8. The molecule has 0 bridgehead atoms. The predicted molar refractivity (Wildman–Crippen MR) is 131 cm³/mol. The van der Waals surface area contributed by atoms with Gasteiger partial charge in [-0.3, -0.25) is 9.59 Å². The van der Waals surface area contributed by atoms with Crippen molar-refractivity contribution in [2.45, 2.75) is 53.0 Å². The minimum atomic E-state index is -0.219. The first-order chi connectivity index (χ1) is 15.9. The number of hydrogen-bond donors (Lipinski definition) is 1. The average molecular weight is 445 g/mol. The van der Waals surface area contributed by atoms with Crippen molar-refractivity contribution in [1.82, 2.24) is 14.7 Å². The van der Waals surface area contributed by atoms with Gasteiger partial charge in [0.1, 0.15) is 12.4 Å². The lowest BCUT2D eigenvalue weighted by molar-refractivity contribution is -0.142. The van der Waals surface area contributed by atoms with Crippen LogP contribution in [-0.2, 0) is 9.59 Å². The van der Waals surface area contributed by atoms with Gasteiger partial charge in [-0.1, -0.05) is 55.0 Å². The lowest BCUT2D eigenvalue weighted by Crippen LogP contribution is -2.46. The van der Waals surface area contributed by atoms with Gasteiger partial charge in [-0.25, -0.2) is 4.68 Å². The Kier molecular flexibility index (Phi) is 6.63. The Morgan fingerprint density at radius 2 is 1.73 bits per heavy atom. The number of aromatic nitrogens is 2. The number of para-hydroxylation sites is 1. The van der Waals surface area contributed by atoms with Gasteiger partial charge in [0.2, 0.25) is 11.8 Å². The van der Waals surface area contributed by atoms with Crippen molar-refractivity contribution in [3.05, 3.63) is 65.9 Å². The molecule has 3 aromatic rings. The summed E-state index contributed by atoms with van der Waals surface area (Å²) in [5.41, 5.74) is 4.65. The van der Waals surface area contributed by atoms with Crippen molar-refractivity contribution >= 4 is 17.6 Å². The summed E-state index contributed by atoms with van der Waals surface area (Å²) in [7, 11) is 0. The third-order valence-electron chi connectivity index (χ3n) is 6.40. The molecule has 33 heavy (non-hydrogen) atoms. The fourth-order valence-electron chi connectivity index (χ4n) is 4.30. The van der Waals surface area contributed by atoms with Crippen molar-refractivity contribution in [3.8, 4) is 16.8 Å². The summed E-state index contributed by atoms with van der Waals surface area (Å²) in [4.78, 5) is 27.9. The van der Waals surface area contributed by atoms with Crippen LogP contribution in [0.15, 0.2) is 54.6 Å².